The Kier molecular flexibility index (Phi) is 5.99. The number of hydrogen-bond donors (Lipinski definition) is 2. The Morgan fingerprint density at radius 1 is 1.11 bits per heavy atom. The summed E-state index contributed by atoms with van der Waals surface area (Å²) < 4.78 is 18.2. The maximum absolute atomic E-state index is 12.9. The lowest BCUT2D eigenvalue weighted by molar-refractivity contribution is 0.102. The first-order valence-electron chi connectivity index (χ1n) is 8.54. The Morgan fingerprint density at radius 3 is 2.70 bits per heavy atom. The third-order valence-corrected chi connectivity index (χ3v) is 3.98. The van der Waals surface area contributed by atoms with E-state index < -0.39 is 0 Å². The molecule has 27 heavy (non-hydrogen) atoms. The number of halogens is 1. The van der Waals surface area contributed by atoms with Crippen LogP contribution >= 0.6 is 0 Å². The SMILES string of the molecule is COc1cccc(CCNc2cc(C(=O)Nc3ccc(F)cc3)ccn2)c1. The molecule has 0 atom stereocenters. The highest BCUT2D eigenvalue weighted by atomic mass is 19.1. The fourth-order valence-electron chi connectivity index (χ4n) is 2.57. The van der Waals surface area contributed by atoms with Gasteiger partial charge in [0.05, 0.1) is 7.11 Å². The molecule has 0 spiro atoms. The molecule has 1 heterocycles. The molecular weight excluding hydrogens is 345 g/mol. The zero-order valence-corrected chi connectivity index (χ0v) is 14.9. The smallest absolute Gasteiger partial charge is 0.255 e. The van der Waals surface area contributed by atoms with E-state index in [0.29, 0.717) is 23.6 Å². The number of benzene rings is 2. The molecule has 6 heteroatoms. The van der Waals surface area contributed by atoms with Crippen LogP contribution in [0.15, 0.2) is 66.9 Å². The van der Waals surface area contributed by atoms with Crippen molar-refractivity contribution in [3.05, 3.63) is 83.8 Å². The number of pyridine rings is 1. The molecule has 0 saturated carbocycles. The van der Waals surface area contributed by atoms with E-state index in [0.717, 1.165) is 17.7 Å². The molecule has 5 nitrogen and oxygen atoms in total. The van der Waals surface area contributed by atoms with Crippen molar-refractivity contribution in [2.24, 2.45) is 0 Å². The summed E-state index contributed by atoms with van der Waals surface area (Å²) in [5, 5.41) is 5.95. The fourth-order valence-corrected chi connectivity index (χ4v) is 2.57. The van der Waals surface area contributed by atoms with Gasteiger partial charge in [0.1, 0.15) is 17.4 Å². The molecule has 2 N–H and O–H groups in total. The zero-order valence-electron chi connectivity index (χ0n) is 14.9. The molecule has 0 aliphatic carbocycles. The molecule has 1 aromatic heterocycles. The second-order valence-electron chi connectivity index (χ2n) is 5.92. The maximum atomic E-state index is 12.9. The summed E-state index contributed by atoms with van der Waals surface area (Å²) in [6, 6.07) is 16.8. The van der Waals surface area contributed by atoms with Crippen LogP contribution in [0, 0.1) is 5.82 Å². The lowest BCUT2D eigenvalue weighted by Crippen LogP contribution is -2.13. The average Bonchev–Trinajstić information content (AvgIpc) is 2.70. The van der Waals surface area contributed by atoms with E-state index in [-0.39, 0.29) is 11.7 Å². The lowest BCUT2D eigenvalue weighted by Gasteiger charge is -2.09. The predicted molar refractivity (Wildman–Crippen MR) is 104 cm³/mol. The van der Waals surface area contributed by atoms with E-state index in [4.69, 9.17) is 4.74 Å². The quantitative estimate of drug-likeness (QED) is 0.661. The van der Waals surface area contributed by atoms with Gasteiger partial charge in [-0.1, -0.05) is 12.1 Å². The van der Waals surface area contributed by atoms with Gasteiger partial charge in [-0.05, 0) is 60.5 Å². The molecule has 138 valence electrons. The van der Waals surface area contributed by atoms with Gasteiger partial charge in [0.2, 0.25) is 0 Å². The number of carbonyl (C=O) groups is 1. The number of amides is 1. The van der Waals surface area contributed by atoms with Crippen LogP contribution in [0.4, 0.5) is 15.9 Å². The lowest BCUT2D eigenvalue weighted by atomic mass is 10.1. The number of nitrogens with zero attached hydrogens (tertiary/aromatic N) is 1. The van der Waals surface area contributed by atoms with E-state index in [1.165, 1.54) is 24.3 Å². The average molecular weight is 365 g/mol. The van der Waals surface area contributed by atoms with Crippen LogP contribution < -0.4 is 15.4 Å². The third-order valence-electron chi connectivity index (χ3n) is 3.98. The van der Waals surface area contributed by atoms with E-state index in [2.05, 4.69) is 15.6 Å². The molecule has 0 bridgehead atoms. The van der Waals surface area contributed by atoms with Gasteiger partial charge >= 0.3 is 0 Å². The Balaban J connectivity index is 1.57. The first-order valence-corrected chi connectivity index (χ1v) is 8.54. The van der Waals surface area contributed by atoms with Crippen LogP contribution in [-0.2, 0) is 6.42 Å². The second kappa shape index (κ2) is 8.80. The summed E-state index contributed by atoms with van der Waals surface area (Å²) in [6.07, 6.45) is 2.37. The van der Waals surface area contributed by atoms with Gasteiger partial charge < -0.3 is 15.4 Å². The monoisotopic (exact) mass is 365 g/mol. The highest BCUT2D eigenvalue weighted by Crippen LogP contribution is 2.14. The first-order chi connectivity index (χ1) is 13.1. The normalized spacial score (nSPS) is 10.3. The van der Waals surface area contributed by atoms with Gasteiger partial charge in [0, 0.05) is 24.0 Å². The Labute approximate surface area is 157 Å². The Morgan fingerprint density at radius 2 is 1.93 bits per heavy atom. The van der Waals surface area contributed by atoms with Crippen molar-refractivity contribution in [2.75, 3.05) is 24.3 Å². The standard InChI is InChI=1S/C21H20FN3O2/c1-27-19-4-2-3-15(13-19)9-11-23-20-14-16(10-12-24-20)21(26)25-18-7-5-17(22)6-8-18/h2-8,10,12-14H,9,11H2,1H3,(H,23,24)(H,25,26). The van der Waals surface area contributed by atoms with Gasteiger partial charge in [-0.3, -0.25) is 4.79 Å². The molecule has 3 aromatic rings. The Hall–Kier alpha value is -3.41. The van der Waals surface area contributed by atoms with Crippen molar-refractivity contribution in [1.82, 2.24) is 4.98 Å². The van der Waals surface area contributed by atoms with Gasteiger partial charge in [0.15, 0.2) is 0 Å². The molecular formula is C21H20FN3O2. The molecule has 2 aromatic carbocycles. The number of ether oxygens (including phenoxy) is 1. The third kappa shape index (κ3) is 5.28. The molecule has 3 rings (SSSR count). The minimum Gasteiger partial charge on any atom is -0.497 e. The number of aromatic nitrogens is 1. The van der Waals surface area contributed by atoms with Crippen molar-refractivity contribution in [3.63, 3.8) is 0 Å². The van der Waals surface area contributed by atoms with Gasteiger partial charge in [0.25, 0.3) is 5.91 Å². The van der Waals surface area contributed by atoms with E-state index in [9.17, 15) is 9.18 Å². The van der Waals surface area contributed by atoms with E-state index in [1.54, 1.807) is 25.4 Å². The van der Waals surface area contributed by atoms with Crippen molar-refractivity contribution in [2.45, 2.75) is 6.42 Å². The molecule has 0 saturated heterocycles. The molecule has 0 unspecified atom stereocenters. The summed E-state index contributed by atoms with van der Waals surface area (Å²) in [7, 11) is 1.64. The molecule has 1 amide bonds. The van der Waals surface area contributed by atoms with Gasteiger partial charge in [-0.15, -0.1) is 0 Å². The highest BCUT2D eigenvalue weighted by Gasteiger charge is 2.08. The number of hydrogen-bond acceptors (Lipinski definition) is 4. The Bertz CT molecular complexity index is 913. The topological polar surface area (TPSA) is 63.2 Å². The zero-order chi connectivity index (χ0) is 19.1. The molecule has 0 aliphatic rings. The number of nitrogens with one attached hydrogen (secondary N) is 2. The summed E-state index contributed by atoms with van der Waals surface area (Å²) in [4.78, 5) is 16.6. The second-order valence-corrected chi connectivity index (χ2v) is 5.92. The predicted octanol–water partition coefficient (Wildman–Crippen LogP) is 4.14. The van der Waals surface area contributed by atoms with Crippen molar-refractivity contribution >= 4 is 17.4 Å². The summed E-state index contributed by atoms with van der Waals surface area (Å²) in [5.41, 5.74) is 2.15. The van der Waals surface area contributed by atoms with E-state index in [1.807, 2.05) is 24.3 Å². The number of methoxy groups -OCH3 is 1. The first kappa shape index (κ1) is 18.4. The molecule has 0 aliphatic heterocycles. The van der Waals surface area contributed by atoms with Crippen LogP contribution in [-0.4, -0.2) is 24.5 Å². The van der Waals surface area contributed by atoms with Crippen molar-refractivity contribution < 1.29 is 13.9 Å². The minimum atomic E-state index is -0.348. The van der Waals surface area contributed by atoms with Crippen LogP contribution in [0.2, 0.25) is 0 Å². The fraction of sp³-hybridized carbons (Fsp3) is 0.143. The van der Waals surface area contributed by atoms with Crippen molar-refractivity contribution in [1.29, 1.82) is 0 Å². The highest BCUT2D eigenvalue weighted by molar-refractivity contribution is 6.04. The van der Waals surface area contributed by atoms with Crippen molar-refractivity contribution in [3.8, 4) is 5.75 Å². The number of anilines is 2. The molecule has 0 fully saturated rings. The molecule has 0 radical (unpaired) electrons. The largest absolute Gasteiger partial charge is 0.497 e. The van der Waals surface area contributed by atoms with Crippen LogP contribution in [0.25, 0.3) is 0 Å². The number of rotatable bonds is 7. The number of carbonyl (C=O) groups excluding carboxylic acids is 1. The minimum absolute atomic E-state index is 0.278. The maximum Gasteiger partial charge on any atom is 0.255 e. The van der Waals surface area contributed by atoms with Gasteiger partial charge in [-0.2, -0.15) is 0 Å². The van der Waals surface area contributed by atoms with Gasteiger partial charge in [-0.25, -0.2) is 9.37 Å². The van der Waals surface area contributed by atoms with E-state index >= 15 is 0 Å². The van der Waals surface area contributed by atoms with Crippen LogP contribution in [0.1, 0.15) is 15.9 Å². The van der Waals surface area contributed by atoms with Crippen LogP contribution in [0.3, 0.4) is 0 Å². The summed E-state index contributed by atoms with van der Waals surface area (Å²) in [6.45, 7) is 0.670. The summed E-state index contributed by atoms with van der Waals surface area (Å²) >= 11 is 0. The van der Waals surface area contributed by atoms with Crippen LogP contribution in [0.5, 0.6) is 5.75 Å². The summed E-state index contributed by atoms with van der Waals surface area (Å²) in [5.74, 6) is 0.814.